The molecule has 0 saturated heterocycles. The molecule has 0 bridgehead atoms. The number of para-hydroxylation sites is 1. The van der Waals surface area contributed by atoms with Crippen LogP contribution in [0.5, 0.6) is 5.75 Å². The van der Waals surface area contributed by atoms with Crippen LogP contribution in [0.1, 0.15) is 29.8 Å². The number of ether oxygens (including phenoxy) is 1. The first-order valence-electron chi connectivity index (χ1n) is 9.00. The van der Waals surface area contributed by atoms with Crippen LogP contribution in [0, 0.1) is 6.92 Å². The van der Waals surface area contributed by atoms with E-state index in [1.807, 2.05) is 42.5 Å². The molecule has 0 amide bonds. The van der Waals surface area contributed by atoms with E-state index in [2.05, 4.69) is 35.1 Å². The van der Waals surface area contributed by atoms with Crippen molar-refractivity contribution in [3.8, 4) is 11.4 Å². The maximum atomic E-state index is 5.28. The van der Waals surface area contributed by atoms with Gasteiger partial charge in [-0.1, -0.05) is 18.2 Å². The van der Waals surface area contributed by atoms with Crippen molar-refractivity contribution in [3.05, 3.63) is 77.6 Å². The van der Waals surface area contributed by atoms with Gasteiger partial charge in [-0.2, -0.15) is 5.10 Å². The summed E-state index contributed by atoms with van der Waals surface area (Å²) in [6.07, 6.45) is 3.18. The maximum Gasteiger partial charge on any atom is 0.119 e. The van der Waals surface area contributed by atoms with E-state index in [0.29, 0.717) is 0 Å². The average Bonchev–Trinajstić information content (AvgIpc) is 3.03. The van der Waals surface area contributed by atoms with Crippen molar-refractivity contribution in [3.63, 3.8) is 0 Å². The molecule has 0 radical (unpaired) electrons. The van der Waals surface area contributed by atoms with Gasteiger partial charge in [0.15, 0.2) is 0 Å². The Morgan fingerprint density at radius 3 is 2.50 bits per heavy atom. The van der Waals surface area contributed by atoms with Crippen molar-refractivity contribution >= 4 is 11.4 Å². The number of nitrogens with zero attached hydrogens (tertiary/aromatic N) is 2. The van der Waals surface area contributed by atoms with Gasteiger partial charge in [0.25, 0.3) is 0 Å². The lowest BCUT2D eigenvalue weighted by molar-refractivity contribution is 0.414. The van der Waals surface area contributed by atoms with E-state index in [1.165, 1.54) is 22.6 Å². The van der Waals surface area contributed by atoms with E-state index in [-0.39, 0.29) is 0 Å². The molecule has 0 aliphatic heterocycles. The highest BCUT2D eigenvalue weighted by molar-refractivity contribution is 6.03. The number of benzene rings is 2. The fourth-order valence-corrected chi connectivity index (χ4v) is 3.60. The minimum atomic E-state index is 0.877. The number of hydrogen-bond acceptors (Lipinski definition) is 3. The van der Waals surface area contributed by atoms with Crippen LogP contribution in [0.3, 0.4) is 0 Å². The van der Waals surface area contributed by atoms with Gasteiger partial charge in [-0.3, -0.25) is 5.43 Å². The van der Waals surface area contributed by atoms with Gasteiger partial charge in [0.05, 0.1) is 18.5 Å². The second kappa shape index (κ2) is 7.08. The number of anilines is 1. The molecule has 4 heteroatoms. The van der Waals surface area contributed by atoms with Gasteiger partial charge in [0.2, 0.25) is 0 Å². The molecule has 3 aromatic rings. The molecule has 1 heterocycles. The third-order valence-corrected chi connectivity index (χ3v) is 4.85. The summed E-state index contributed by atoms with van der Waals surface area (Å²) in [5, 5.41) is 4.70. The maximum absolute atomic E-state index is 5.28. The quantitative estimate of drug-likeness (QED) is 0.680. The molecule has 0 fully saturated rings. The Balaban J connectivity index is 1.69. The molecule has 0 spiro atoms. The fraction of sp³-hybridized carbons (Fsp3) is 0.227. The zero-order valence-corrected chi connectivity index (χ0v) is 15.2. The Labute approximate surface area is 154 Å². The lowest BCUT2D eigenvalue weighted by Crippen LogP contribution is -2.15. The van der Waals surface area contributed by atoms with Crippen LogP contribution in [-0.4, -0.2) is 17.4 Å². The highest BCUT2D eigenvalue weighted by atomic mass is 16.5. The first-order valence-corrected chi connectivity index (χ1v) is 9.00. The molecule has 0 unspecified atom stereocenters. The van der Waals surface area contributed by atoms with Crippen molar-refractivity contribution in [2.75, 3.05) is 12.5 Å². The van der Waals surface area contributed by atoms with Gasteiger partial charge < -0.3 is 9.30 Å². The second-order valence-corrected chi connectivity index (χ2v) is 6.57. The average molecular weight is 345 g/mol. The van der Waals surface area contributed by atoms with Gasteiger partial charge in [-0.15, -0.1) is 0 Å². The normalized spacial score (nSPS) is 14.9. The predicted molar refractivity (Wildman–Crippen MR) is 107 cm³/mol. The number of hydrogen-bond donors (Lipinski definition) is 1. The summed E-state index contributed by atoms with van der Waals surface area (Å²) in [6.45, 7) is 2.16. The molecule has 1 aliphatic carbocycles. The third kappa shape index (κ3) is 3.10. The number of rotatable bonds is 4. The number of nitrogens with one attached hydrogen (secondary N) is 1. The largest absolute Gasteiger partial charge is 0.497 e. The summed E-state index contributed by atoms with van der Waals surface area (Å²) >= 11 is 0. The summed E-state index contributed by atoms with van der Waals surface area (Å²) in [7, 11) is 1.69. The van der Waals surface area contributed by atoms with E-state index >= 15 is 0 Å². The second-order valence-electron chi connectivity index (χ2n) is 6.57. The number of aryl methyl sites for hydroxylation is 1. The van der Waals surface area contributed by atoms with E-state index in [1.54, 1.807) is 7.11 Å². The molecule has 132 valence electrons. The Morgan fingerprint density at radius 2 is 1.77 bits per heavy atom. The topological polar surface area (TPSA) is 38.5 Å². The summed E-state index contributed by atoms with van der Waals surface area (Å²) in [5.41, 5.74) is 10.3. The van der Waals surface area contributed by atoms with Crippen LogP contribution < -0.4 is 10.2 Å². The fourth-order valence-electron chi connectivity index (χ4n) is 3.60. The van der Waals surface area contributed by atoms with Crippen molar-refractivity contribution in [1.82, 2.24) is 4.57 Å². The van der Waals surface area contributed by atoms with E-state index in [9.17, 15) is 0 Å². The van der Waals surface area contributed by atoms with Gasteiger partial charge in [0, 0.05) is 22.6 Å². The van der Waals surface area contributed by atoms with Gasteiger partial charge >= 0.3 is 0 Å². The van der Waals surface area contributed by atoms with E-state index in [4.69, 9.17) is 9.84 Å². The third-order valence-electron chi connectivity index (χ3n) is 4.85. The predicted octanol–water partition coefficient (Wildman–Crippen LogP) is 4.95. The van der Waals surface area contributed by atoms with E-state index in [0.717, 1.165) is 36.4 Å². The van der Waals surface area contributed by atoms with Crippen molar-refractivity contribution in [2.45, 2.75) is 26.2 Å². The summed E-state index contributed by atoms with van der Waals surface area (Å²) in [5.74, 6) is 0.877. The van der Waals surface area contributed by atoms with Crippen LogP contribution >= 0.6 is 0 Å². The van der Waals surface area contributed by atoms with Crippen LogP contribution in [0.15, 0.2) is 65.8 Å². The molecular weight excluding hydrogens is 322 g/mol. The minimum absolute atomic E-state index is 0.877. The molecule has 2 aromatic carbocycles. The van der Waals surface area contributed by atoms with Crippen LogP contribution in [0.2, 0.25) is 0 Å². The van der Waals surface area contributed by atoms with Crippen molar-refractivity contribution in [1.29, 1.82) is 0 Å². The van der Waals surface area contributed by atoms with Gasteiger partial charge in [0.1, 0.15) is 5.75 Å². The molecular formula is C22H23N3O. The van der Waals surface area contributed by atoms with Gasteiger partial charge in [-0.25, -0.2) is 0 Å². The molecule has 4 nitrogen and oxygen atoms in total. The lowest BCUT2D eigenvalue weighted by Gasteiger charge is -2.18. The molecule has 4 rings (SSSR count). The van der Waals surface area contributed by atoms with Crippen LogP contribution in [0.25, 0.3) is 5.69 Å². The molecule has 1 aromatic heterocycles. The molecule has 1 aliphatic rings. The molecule has 26 heavy (non-hydrogen) atoms. The van der Waals surface area contributed by atoms with E-state index < -0.39 is 0 Å². The van der Waals surface area contributed by atoms with Crippen molar-refractivity contribution < 1.29 is 4.74 Å². The number of hydrazone groups is 1. The zero-order chi connectivity index (χ0) is 17.9. The Morgan fingerprint density at radius 1 is 1.00 bits per heavy atom. The van der Waals surface area contributed by atoms with Crippen molar-refractivity contribution in [2.24, 2.45) is 5.10 Å². The Bertz CT molecular complexity index is 924. The molecule has 0 saturated carbocycles. The SMILES string of the molecule is COc1ccc(-n2c(C)cc3c2CCC/C3=N\Nc2ccccc2)cc1. The first kappa shape index (κ1) is 16.5. The lowest BCUT2D eigenvalue weighted by atomic mass is 9.96. The zero-order valence-electron chi connectivity index (χ0n) is 15.2. The highest BCUT2D eigenvalue weighted by Crippen LogP contribution is 2.29. The van der Waals surface area contributed by atoms with Crippen LogP contribution in [0.4, 0.5) is 5.69 Å². The van der Waals surface area contributed by atoms with Crippen LogP contribution in [-0.2, 0) is 6.42 Å². The summed E-state index contributed by atoms with van der Waals surface area (Å²) in [4.78, 5) is 0. The number of fused-ring (bicyclic) bond motifs is 1. The highest BCUT2D eigenvalue weighted by Gasteiger charge is 2.22. The van der Waals surface area contributed by atoms with Gasteiger partial charge in [-0.05, 0) is 68.7 Å². The smallest absolute Gasteiger partial charge is 0.119 e. The first-order chi connectivity index (χ1) is 12.8. The summed E-state index contributed by atoms with van der Waals surface area (Å²) < 4.78 is 7.62. The standard InChI is InChI=1S/C22H23N3O/c1-16-15-20-21(24-23-17-7-4-3-5-8-17)9-6-10-22(20)25(16)18-11-13-19(26-2)14-12-18/h3-5,7-8,11-15,23H,6,9-10H2,1-2H3/b24-21+. The minimum Gasteiger partial charge on any atom is -0.497 e. The molecule has 0 atom stereocenters. The number of aromatic nitrogens is 1. The summed E-state index contributed by atoms with van der Waals surface area (Å²) in [6, 6.07) is 20.6. The Kier molecular flexibility index (Phi) is 4.48. The monoisotopic (exact) mass is 345 g/mol. The molecule has 1 N–H and O–H groups in total. The number of methoxy groups -OCH3 is 1. The Hall–Kier alpha value is -3.01.